The van der Waals surface area contributed by atoms with E-state index in [1.54, 1.807) is 6.07 Å². The summed E-state index contributed by atoms with van der Waals surface area (Å²) in [5.41, 5.74) is 0.925. The van der Waals surface area contributed by atoms with Crippen LogP contribution in [0.25, 0.3) is 11.4 Å². The predicted octanol–water partition coefficient (Wildman–Crippen LogP) is 5.74. The molecule has 0 saturated heterocycles. The summed E-state index contributed by atoms with van der Waals surface area (Å²) in [7, 11) is 0. The molecule has 0 bridgehead atoms. The van der Waals surface area contributed by atoms with E-state index in [1.165, 1.54) is 12.1 Å². The maximum atomic E-state index is 13.5. The lowest BCUT2D eigenvalue weighted by atomic mass is 9.96. The van der Waals surface area contributed by atoms with Crippen molar-refractivity contribution in [3.05, 3.63) is 46.9 Å². The molecule has 0 saturated carbocycles. The van der Waals surface area contributed by atoms with Gasteiger partial charge in [-0.05, 0) is 37.7 Å². The van der Waals surface area contributed by atoms with Gasteiger partial charge in [-0.3, -0.25) is 5.10 Å². The highest BCUT2D eigenvalue weighted by molar-refractivity contribution is 5.66. The number of nitrogens with one attached hydrogen (secondary N) is 2. The summed E-state index contributed by atoms with van der Waals surface area (Å²) >= 11 is 0. The molecule has 1 aliphatic carbocycles. The number of halogens is 3. The zero-order valence-corrected chi connectivity index (χ0v) is 16.8. The van der Waals surface area contributed by atoms with Gasteiger partial charge in [-0.2, -0.15) is 18.2 Å². The van der Waals surface area contributed by atoms with Crippen molar-refractivity contribution >= 4 is 11.8 Å². The fraction of sp³-hybridized carbons (Fsp3) is 0.455. The van der Waals surface area contributed by atoms with E-state index < -0.39 is 11.7 Å². The minimum Gasteiger partial charge on any atom is -0.307 e. The lowest BCUT2D eigenvalue weighted by Gasteiger charge is -2.20. The minimum atomic E-state index is -4.49. The van der Waals surface area contributed by atoms with Crippen LogP contribution in [0.2, 0.25) is 0 Å². The third kappa shape index (κ3) is 5.03. The predicted molar refractivity (Wildman–Crippen MR) is 114 cm³/mol. The van der Waals surface area contributed by atoms with E-state index >= 15 is 0 Å². The van der Waals surface area contributed by atoms with Crippen molar-refractivity contribution in [1.29, 1.82) is 0 Å². The summed E-state index contributed by atoms with van der Waals surface area (Å²) in [6.07, 6.45) is -0.332. The average Bonchev–Trinajstić information content (AvgIpc) is 3.13. The first kappa shape index (κ1) is 22.7. The van der Waals surface area contributed by atoms with Crippen LogP contribution in [-0.2, 0) is 25.4 Å². The van der Waals surface area contributed by atoms with Crippen molar-refractivity contribution in [2.24, 2.45) is 5.92 Å². The van der Waals surface area contributed by atoms with Crippen LogP contribution >= 0.6 is 0 Å². The van der Waals surface area contributed by atoms with Gasteiger partial charge in [0.05, 0.1) is 5.56 Å². The molecule has 166 valence electrons. The summed E-state index contributed by atoms with van der Waals surface area (Å²) in [6.45, 7) is 4.17. The van der Waals surface area contributed by atoms with E-state index in [0.717, 1.165) is 48.8 Å². The number of fused-ring (bicyclic) bond motifs is 1. The topological polar surface area (TPSA) is 79.4 Å². The number of nitrogens with zero attached hydrogens (tertiary/aromatic N) is 4. The van der Waals surface area contributed by atoms with Gasteiger partial charge in [0.25, 0.3) is 0 Å². The maximum absolute atomic E-state index is 13.5. The molecule has 0 radical (unpaired) electrons. The van der Waals surface area contributed by atoms with Crippen LogP contribution in [0.3, 0.4) is 0 Å². The van der Waals surface area contributed by atoms with E-state index in [1.807, 2.05) is 0 Å². The molecule has 3 aromatic rings. The molecular weight excluding hydrogens is 405 g/mol. The van der Waals surface area contributed by atoms with Gasteiger partial charge < -0.3 is 5.32 Å². The summed E-state index contributed by atoms with van der Waals surface area (Å²) < 4.78 is 40.6. The molecule has 1 aromatic carbocycles. The smallest absolute Gasteiger partial charge is 0.307 e. The number of anilines is 2. The standard InChI is InChI=1S/C21H23F3N6.CH4/c1-12(2)11-17-26-20(30-29-17)28-19-14-8-4-6-10-16(14)25-18(27-19)13-7-3-5-9-15(13)21(22,23)24;/h3,5,7,9,12H,4,6,8,10-11H2,1-2H3,(H2,25,26,27,28,29,30);1H4. The maximum Gasteiger partial charge on any atom is 0.417 e. The van der Waals surface area contributed by atoms with Crippen LogP contribution in [0.4, 0.5) is 24.9 Å². The van der Waals surface area contributed by atoms with Crippen molar-refractivity contribution in [1.82, 2.24) is 25.1 Å². The number of aromatic nitrogens is 5. The summed E-state index contributed by atoms with van der Waals surface area (Å²) in [5, 5.41) is 10.2. The Morgan fingerprint density at radius 2 is 1.81 bits per heavy atom. The first-order chi connectivity index (χ1) is 14.3. The normalized spacial score (nSPS) is 13.6. The molecule has 0 atom stereocenters. The third-order valence-electron chi connectivity index (χ3n) is 5.02. The number of benzene rings is 1. The number of hydrogen-bond acceptors (Lipinski definition) is 5. The summed E-state index contributed by atoms with van der Waals surface area (Å²) in [6, 6.07) is 5.39. The molecule has 0 amide bonds. The van der Waals surface area contributed by atoms with Gasteiger partial charge in [0.1, 0.15) is 11.6 Å². The molecule has 0 spiro atoms. The fourth-order valence-electron chi connectivity index (χ4n) is 3.68. The van der Waals surface area contributed by atoms with Crippen LogP contribution < -0.4 is 5.32 Å². The molecule has 0 unspecified atom stereocenters. The van der Waals surface area contributed by atoms with Gasteiger partial charge in [-0.25, -0.2) is 9.97 Å². The number of rotatable bonds is 5. The minimum absolute atomic E-state index is 0. The lowest BCUT2D eigenvalue weighted by Crippen LogP contribution is -2.14. The molecule has 6 nitrogen and oxygen atoms in total. The Morgan fingerprint density at radius 1 is 1.06 bits per heavy atom. The molecule has 4 rings (SSSR count). The Hall–Kier alpha value is -2.97. The van der Waals surface area contributed by atoms with Crippen LogP contribution in [0.15, 0.2) is 24.3 Å². The van der Waals surface area contributed by atoms with Crippen molar-refractivity contribution in [3.63, 3.8) is 0 Å². The molecule has 0 aliphatic heterocycles. The number of aromatic amines is 1. The molecular formula is C22H27F3N6. The highest BCUT2D eigenvalue weighted by Gasteiger charge is 2.34. The number of H-pyrrole nitrogens is 1. The molecule has 2 heterocycles. The molecule has 9 heteroatoms. The van der Waals surface area contributed by atoms with Gasteiger partial charge in [0.15, 0.2) is 5.82 Å². The molecule has 31 heavy (non-hydrogen) atoms. The molecule has 2 aromatic heterocycles. The van der Waals surface area contributed by atoms with E-state index in [-0.39, 0.29) is 18.8 Å². The van der Waals surface area contributed by atoms with Gasteiger partial charge in [0.2, 0.25) is 5.95 Å². The van der Waals surface area contributed by atoms with Gasteiger partial charge in [-0.1, -0.05) is 39.5 Å². The van der Waals surface area contributed by atoms with Crippen molar-refractivity contribution < 1.29 is 13.2 Å². The number of aryl methyl sites for hydroxylation is 1. The Kier molecular flexibility index (Phi) is 6.62. The van der Waals surface area contributed by atoms with E-state index in [4.69, 9.17) is 0 Å². The van der Waals surface area contributed by atoms with Crippen LogP contribution in [0.1, 0.15) is 56.8 Å². The Balaban J connectivity index is 0.00000272. The van der Waals surface area contributed by atoms with Gasteiger partial charge in [-0.15, -0.1) is 5.10 Å². The largest absolute Gasteiger partial charge is 0.417 e. The molecule has 2 N–H and O–H groups in total. The van der Waals surface area contributed by atoms with E-state index in [2.05, 4.69) is 44.3 Å². The van der Waals surface area contributed by atoms with Gasteiger partial charge >= 0.3 is 6.18 Å². The molecule has 0 fully saturated rings. The zero-order chi connectivity index (χ0) is 21.3. The van der Waals surface area contributed by atoms with Crippen LogP contribution in [-0.4, -0.2) is 25.1 Å². The molecule has 1 aliphatic rings. The fourth-order valence-corrected chi connectivity index (χ4v) is 3.68. The Bertz CT molecular complexity index is 1040. The number of hydrogen-bond donors (Lipinski definition) is 2. The van der Waals surface area contributed by atoms with Crippen LogP contribution in [0, 0.1) is 5.92 Å². The number of alkyl halides is 3. The quantitative estimate of drug-likeness (QED) is 0.538. The lowest BCUT2D eigenvalue weighted by molar-refractivity contribution is -0.137. The zero-order valence-electron chi connectivity index (χ0n) is 16.8. The Morgan fingerprint density at radius 3 is 2.55 bits per heavy atom. The van der Waals surface area contributed by atoms with Crippen molar-refractivity contribution in [2.45, 2.75) is 59.6 Å². The summed E-state index contributed by atoms with van der Waals surface area (Å²) in [5.74, 6) is 2.05. The third-order valence-corrected chi connectivity index (χ3v) is 5.02. The van der Waals surface area contributed by atoms with E-state index in [0.29, 0.717) is 24.1 Å². The highest BCUT2D eigenvalue weighted by atomic mass is 19.4. The monoisotopic (exact) mass is 432 g/mol. The second-order valence-electron chi connectivity index (χ2n) is 7.90. The summed E-state index contributed by atoms with van der Waals surface area (Å²) in [4.78, 5) is 13.4. The van der Waals surface area contributed by atoms with Gasteiger partial charge in [0, 0.05) is 23.2 Å². The van der Waals surface area contributed by atoms with E-state index in [9.17, 15) is 13.2 Å². The average molecular weight is 432 g/mol. The second-order valence-corrected chi connectivity index (χ2v) is 7.90. The first-order valence-electron chi connectivity index (χ1n) is 10.1. The van der Waals surface area contributed by atoms with Crippen molar-refractivity contribution in [3.8, 4) is 11.4 Å². The first-order valence-corrected chi connectivity index (χ1v) is 10.1. The highest BCUT2D eigenvalue weighted by Crippen LogP contribution is 2.37. The van der Waals surface area contributed by atoms with Crippen LogP contribution in [0.5, 0.6) is 0 Å². The SMILES string of the molecule is C.CC(C)Cc1nc(Nc2nc(-c3ccccc3C(F)(F)F)nc3c2CCCC3)n[nH]1. The second kappa shape index (κ2) is 9.03. The Labute approximate surface area is 179 Å². The van der Waals surface area contributed by atoms with Crippen molar-refractivity contribution in [2.75, 3.05) is 5.32 Å².